The molecule has 0 bridgehead atoms. The van der Waals surface area contributed by atoms with Crippen molar-refractivity contribution >= 4 is 43.5 Å². The zero-order chi connectivity index (χ0) is 19.9. The van der Waals surface area contributed by atoms with Gasteiger partial charge in [-0.05, 0) is 42.0 Å². The van der Waals surface area contributed by atoms with Gasteiger partial charge in [-0.25, -0.2) is 8.42 Å². The predicted octanol–water partition coefficient (Wildman–Crippen LogP) is 3.06. The van der Waals surface area contributed by atoms with Gasteiger partial charge in [0.2, 0.25) is 15.9 Å². The lowest BCUT2D eigenvalue weighted by Crippen LogP contribution is -2.41. The number of hydrogen-bond donors (Lipinski definition) is 1. The molecule has 146 valence electrons. The number of rotatable bonds is 9. The molecule has 0 saturated heterocycles. The van der Waals surface area contributed by atoms with Crippen molar-refractivity contribution in [3.8, 4) is 0 Å². The van der Waals surface area contributed by atoms with Crippen LogP contribution in [0.5, 0.6) is 0 Å². The Balaban J connectivity index is 2.25. The third kappa shape index (κ3) is 6.58. The highest BCUT2D eigenvalue weighted by atomic mass is 79.9. The van der Waals surface area contributed by atoms with Crippen molar-refractivity contribution < 1.29 is 17.9 Å². The SMILES string of the molecule is COCCNC(=O)CN(Cc1ccc(Cl)cc1)S(=O)(=O)c1ccc(Br)cc1. The predicted molar refractivity (Wildman–Crippen MR) is 108 cm³/mol. The molecule has 6 nitrogen and oxygen atoms in total. The van der Waals surface area contributed by atoms with Gasteiger partial charge < -0.3 is 10.1 Å². The maximum atomic E-state index is 13.1. The van der Waals surface area contributed by atoms with E-state index in [0.717, 1.165) is 14.3 Å². The number of nitrogens with one attached hydrogen (secondary N) is 1. The van der Waals surface area contributed by atoms with Gasteiger partial charge in [-0.1, -0.05) is 39.7 Å². The highest BCUT2D eigenvalue weighted by molar-refractivity contribution is 9.10. The van der Waals surface area contributed by atoms with Crippen LogP contribution in [0.2, 0.25) is 5.02 Å². The molecule has 2 aromatic carbocycles. The monoisotopic (exact) mass is 474 g/mol. The minimum atomic E-state index is -3.86. The zero-order valence-corrected chi connectivity index (χ0v) is 17.9. The number of hydrogen-bond acceptors (Lipinski definition) is 4. The zero-order valence-electron chi connectivity index (χ0n) is 14.7. The number of ether oxygens (including phenoxy) is 1. The van der Waals surface area contributed by atoms with Crippen molar-refractivity contribution in [2.45, 2.75) is 11.4 Å². The van der Waals surface area contributed by atoms with E-state index >= 15 is 0 Å². The largest absolute Gasteiger partial charge is 0.383 e. The highest BCUT2D eigenvalue weighted by Gasteiger charge is 2.26. The molecule has 0 heterocycles. The Morgan fingerprint density at radius 1 is 1.15 bits per heavy atom. The van der Waals surface area contributed by atoms with E-state index in [0.29, 0.717) is 18.2 Å². The Kier molecular flexibility index (Phi) is 8.25. The van der Waals surface area contributed by atoms with Crippen molar-refractivity contribution in [3.05, 3.63) is 63.6 Å². The van der Waals surface area contributed by atoms with Crippen LogP contribution >= 0.6 is 27.5 Å². The lowest BCUT2D eigenvalue weighted by Gasteiger charge is -2.22. The molecular formula is C18H20BrClN2O4S. The lowest BCUT2D eigenvalue weighted by molar-refractivity contribution is -0.121. The Morgan fingerprint density at radius 2 is 1.78 bits per heavy atom. The fourth-order valence-corrected chi connectivity index (χ4v) is 4.06. The summed E-state index contributed by atoms with van der Waals surface area (Å²) in [5.74, 6) is -0.401. The van der Waals surface area contributed by atoms with Crippen LogP contribution in [0.4, 0.5) is 0 Å². The summed E-state index contributed by atoms with van der Waals surface area (Å²) in [6.07, 6.45) is 0. The lowest BCUT2D eigenvalue weighted by atomic mass is 10.2. The smallest absolute Gasteiger partial charge is 0.243 e. The van der Waals surface area contributed by atoms with Crippen LogP contribution in [0.15, 0.2) is 57.9 Å². The molecule has 0 fully saturated rings. The van der Waals surface area contributed by atoms with E-state index in [1.165, 1.54) is 19.2 Å². The Labute approximate surface area is 172 Å². The Hall–Kier alpha value is -1.45. The average molecular weight is 476 g/mol. The van der Waals surface area contributed by atoms with Gasteiger partial charge in [-0.2, -0.15) is 4.31 Å². The number of benzene rings is 2. The van der Waals surface area contributed by atoms with Gasteiger partial charge >= 0.3 is 0 Å². The topological polar surface area (TPSA) is 75.7 Å². The number of sulfonamides is 1. The van der Waals surface area contributed by atoms with Crippen molar-refractivity contribution in [2.75, 3.05) is 26.8 Å². The quantitative estimate of drug-likeness (QED) is 0.566. The van der Waals surface area contributed by atoms with Gasteiger partial charge in [0.15, 0.2) is 0 Å². The van der Waals surface area contributed by atoms with E-state index in [1.54, 1.807) is 36.4 Å². The van der Waals surface area contributed by atoms with E-state index in [2.05, 4.69) is 21.2 Å². The molecule has 9 heteroatoms. The fourth-order valence-electron chi connectivity index (χ4n) is 2.28. The molecule has 0 spiro atoms. The molecule has 0 aliphatic rings. The number of halogens is 2. The molecule has 27 heavy (non-hydrogen) atoms. The summed E-state index contributed by atoms with van der Waals surface area (Å²) in [5.41, 5.74) is 0.727. The van der Waals surface area contributed by atoms with E-state index < -0.39 is 15.9 Å². The first kappa shape index (κ1) is 21.8. The molecule has 0 radical (unpaired) electrons. The molecule has 2 rings (SSSR count). The van der Waals surface area contributed by atoms with Crippen LogP contribution in [0.1, 0.15) is 5.56 Å². The first-order chi connectivity index (χ1) is 12.8. The summed E-state index contributed by atoms with van der Waals surface area (Å²) in [4.78, 5) is 12.3. The van der Waals surface area contributed by atoms with Crippen LogP contribution in [0.3, 0.4) is 0 Å². The second-order valence-corrected chi connectivity index (χ2v) is 8.99. The molecule has 0 aromatic heterocycles. The normalized spacial score (nSPS) is 11.6. The second-order valence-electron chi connectivity index (χ2n) is 5.70. The van der Waals surface area contributed by atoms with E-state index in [1.807, 2.05) is 0 Å². The van der Waals surface area contributed by atoms with Gasteiger partial charge in [-0.15, -0.1) is 0 Å². The third-order valence-corrected chi connectivity index (χ3v) is 6.26. The standard InChI is InChI=1S/C18H20BrClN2O4S/c1-26-11-10-21-18(23)13-22(12-14-2-6-16(20)7-3-14)27(24,25)17-8-4-15(19)5-9-17/h2-9H,10-13H2,1H3,(H,21,23). The van der Waals surface area contributed by atoms with Gasteiger partial charge in [0.05, 0.1) is 18.0 Å². The molecule has 1 N–H and O–H groups in total. The van der Waals surface area contributed by atoms with Crippen LogP contribution in [-0.4, -0.2) is 45.4 Å². The third-order valence-electron chi connectivity index (χ3n) is 3.67. The summed E-state index contributed by atoms with van der Waals surface area (Å²) in [6, 6.07) is 13.1. The van der Waals surface area contributed by atoms with Crippen LogP contribution in [0, 0.1) is 0 Å². The summed E-state index contributed by atoms with van der Waals surface area (Å²) in [7, 11) is -2.34. The molecule has 0 aliphatic carbocycles. The maximum absolute atomic E-state index is 13.1. The Bertz CT molecular complexity index is 858. The highest BCUT2D eigenvalue weighted by Crippen LogP contribution is 2.21. The van der Waals surface area contributed by atoms with Crippen LogP contribution in [-0.2, 0) is 26.1 Å². The summed E-state index contributed by atoms with van der Waals surface area (Å²) >= 11 is 9.18. The molecule has 1 amide bonds. The van der Waals surface area contributed by atoms with Crippen molar-refractivity contribution in [1.82, 2.24) is 9.62 Å². The minimum absolute atomic E-state index is 0.0489. The first-order valence-electron chi connectivity index (χ1n) is 8.08. The van der Waals surface area contributed by atoms with Gasteiger partial charge in [-0.3, -0.25) is 4.79 Å². The molecular weight excluding hydrogens is 456 g/mol. The number of methoxy groups -OCH3 is 1. The van der Waals surface area contributed by atoms with Crippen molar-refractivity contribution in [2.24, 2.45) is 0 Å². The van der Waals surface area contributed by atoms with Crippen LogP contribution < -0.4 is 5.32 Å². The van der Waals surface area contributed by atoms with E-state index in [4.69, 9.17) is 16.3 Å². The summed E-state index contributed by atoms with van der Waals surface area (Å²) in [6.45, 7) is 0.406. The van der Waals surface area contributed by atoms with Gasteiger partial charge in [0, 0.05) is 29.7 Å². The molecule has 2 aromatic rings. The van der Waals surface area contributed by atoms with Gasteiger partial charge in [0.1, 0.15) is 0 Å². The summed E-state index contributed by atoms with van der Waals surface area (Å²) in [5, 5.41) is 3.20. The van der Waals surface area contributed by atoms with E-state index in [-0.39, 0.29) is 18.0 Å². The Morgan fingerprint density at radius 3 is 2.37 bits per heavy atom. The molecule has 0 saturated carbocycles. The molecule has 0 aliphatic heterocycles. The van der Waals surface area contributed by atoms with Crippen molar-refractivity contribution in [1.29, 1.82) is 0 Å². The molecule has 0 unspecified atom stereocenters. The number of carbonyl (C=O) groups is 1. The maximum Gasteiger partial charge on any atom is 0.243 e. The summed E-state index contributed by atoms with van der Waals surface area (Å²) < 4.78 is 32.9. The average Bonchev–Trinajstić information content (AvgIpc) is 2.63. The first-order valence-corrected chi connectivity index (χ1v) is 10.7. The fraction of sp³-hybridized carbons (Fsp3) is 0.278. The number of nitrogens with zero attached hydrogens (tertiary/aromatic N) is 1. The van der Waals surface area contributed by atoms with Crippen molar-refractivity contribution in [3.63, 3.8) is 0 Å². The second kappa shape index (κ2) is 10.2. The minimum Gasteiger partial charge on any atom is -0.383 e. The number of carbonyl (C=O) groups excluding carboxylic acids is 1. The van der Waals surface area contributed by atoms with E-state index in [9.17, 15) is 13.2 Å². The number of amides is 1. The van der Waals surface area contributed by atoms with Gasteiger partial charge in [0.25, 0.3) is 0 Å². The molecule has 0 atom stereocenters. The van der Waals surface area contributed by atoms with Crippen LogP contribution in [0.25, 0.3) is 0 Å².